The Kier molecular flexibility index (Phi) is 32.5. The Balaban J connectivity index is 2.01. The molecule has 0 spiro atoms. The number of unbranched alkanes of at least 4 members (excludes halogenated alkanes) is 17. The maximum Gasteiger partial charge on any atom is 0.588 e. The van der Waals surface area contributed by atoms with E-state index in [9.17, 15) is 4.79 Å². The molecule has 73 heavy (non-hydrogen) atoms. The average molecular weight is 1120 g/mol. The van der Waals surface area contributed by atoms with E-state index < -0.39 is 63.3 Å². The van der Waals surface area contributed by atoms with E-state index in [0.717, 1.165) is 32.1 Å². The third kappa shape index (κ3) is 27.8. The topological polar surface area (TPSA) is 129 Å². The highest BCUT2D eigenvalue weighted by Crippen LogP contribution is 2.53. The van der Waals surface area contributed by atoms with Crippen LogP contribution in [0.3, 0.4) is 0 Å². The van der Waals surface area contributed by atoms with Crippen molar-refractivity contribution in [1.29, 1.82) is 0 Å². The summed E-state index contributed by atoms with van der Waals surface area (Å²) in [5.74, 6) is 0.474. The summed E-state index contributed by atoms with van der Waals surface area (Å²) < 4.78 is 71.4. The van der Waals surface area contributed by atoms with Crippen LogP contribution in [0.1, 0.15) is 169 Å². The van der Waals surface area contributed by atoms with E-state index in [-0.39, 0.29) is 42.5 Å². The summed E-state index contributed by atoms with van der Waals surface area (Å²) in [4.78, 5) is 13.7. The van der Waals surface area contributed by atoms with Crippen molar-refractivity contribution in [1.82, 2.24) is 5.32 Å². The van der Waals surface area contributed by atoms with Crippen molar-refractivity contribution in [3.05, 3.63) is 73.3 Å². The van der Waals surface area contributed by atoms with Crippen LogP contribution in [0.25, 0.3) is 0 Å². The number of ether oxygens (including phenoxy) is 5. The lowest BCUT2D eigenvalue weighted by Gasteiger charge is -2.47. The molecule has 2 aromatic carbocycles. The number of para-hydroxylation sites is 2. The zero-order valence-corrected chi connectivity index (χ0v) is 49.6. The molecule has 12 nitrogen and oxygen atoms in total. The summed E-state index contributed by atoms with van der Waals surface area (Å²) >= 11 is 18.0. The van der Waals surface area contributed by atoms with Gasteiger partial charge in [0.1, 0.15) is 42.5 Å². The fourth-order valence-corrected chi connectivity index (χ4v) is 10.9. The van der Waals surface area contributed by atoms with Gasteiger partial charge in [-0.05, 0) is 61.7 Å². The van der Waals surface area contributed by atoms with Gasteiger partial charge in [0.25, 0.3) is 0 Å². The molecule has 1 saturated heterocycles. The predicted octanol–water partition coefficient (Wildman–Crippen LogP) is 17.1. The third-order valence-electron chi connectivity index (χ3n) is 13.5. The smallest absolute Gasteiger partial charge is 0.445 e. The van der Waals surface area contributed by atoms with Gasteiger partial charge in [0.2, 0.25) is 3.79 Å². The normalized spacial score (nSPS) is 19.1. The van der Waals surface area contributed by atoms with Gasteiger partial charge >= 0.3 is 13.9 Å². The molecule has 1 N–H and O–H groups in total. The quantitative estimate of drug-likeness (QED) is 0.0225. The molecular formula is C56H93Cl3NO11PSi. The number of hydrogen-bond donors (Lipinski definition) is 1. The molecule has 1 fully saturated rings. The van der Waals surface area contributed by atoms with E-state index in [0.29, 0.717) is 13.0 Å². The molecule has 0 aliphatic carbocycles. The number of phosphoric acid groups is 1. The lowest BCUT2D eigenvalue weighted by Crippen LogP contribution is -2.66. The number of amides is 1. The summed E-state index contributed by atoms with van der Waals surface area (Å²) in [7, 11) is -7.09. The van der Waals surface area contributed by atoms with Gasteiger partial charge in [-0.3, -0.25) is 4.52 Å². The summed E-state index contributed by atoms with van der Waals surface area (Å²) in [6.07, 6.45) is 20.8. The van der Waals surface area contributed by atoms with Gasteiger partial charge in [-0.2, -0.15) is 0 Å². The monoisotopic (exact) mass is 1120 g/mol. The van der Waals surface area contributed by atoms with Crippen LogP contribution in [0.4, 0.5) is 4.79 Å². The minimum absolute atomic E-state index is 0.0146. The molecule has 1 heterocycles. The third-order valence-corrected chi connectivity index (χ3v) is 19.7. The molecule has 17 heteroatoms. The number of carbonyl (C=O) groups excluding carboxylic acids is 1. The van der Waals surface area contributed by atoms with Gasteiger partial charge in [0, 0.05) is 13.2 Å². The van der Waals surface area contributed by atoms with Crippen molar-refractivity contribution in [3.63, 3.8) is 0 Å². The van der Waals surface area contributed by atoms with E-state index in [2.05, 4.69) is 59.6 Å². The van der Waals surface area contributed by atoms with Crippen LogP contribution in [0.15, 0.2) is 73.3 Å². The second-order valence-corrected chi connectivity index (χ2v) is 29.6. The molecule has 0 aromatic heterocycles. The Hall–Kier alpha value is -1.87. The van der Waals surface area contributed by atoms with Crippen molar-refractivity contribution in [2.75, 3.05) is 33.0 Å². The largest absolute Gasteiger partial charge is 0.588 e. The predicted molar refractivity (Wildman–Crippen MR) is 301 cm³/mol. The molecule has 0 bridgehead atoms. The van der Waals surface area contributed by atoms with Crippen LogP contribution in [-0.2, 0) is 37.2 Å². The SMILES string of the molecule is C=CCO[C@H]1O[C@H](CO[Si](C)(C)C(C)(C)C)[C@@H](OP(=O)(Oc2ccccc2)Oc2ccccc2)[C@H](OCC[C@@H](CCCCCCCCCCC)OCCCCCCCCCCCC)[C@H]1NC(=O)OCC(Cl)(Cl)Cl. The van der Waals surface area contributed by atoms with Gasteiger partial charge < -0.3 is 42.5 Å². The van der Waals surface area contributed by atoms with Crippen molar-refractivity contribution in [3.8, 4) is 11.5 Å². The molecule has 0 saturated carbocycles. The lowest BCUT2D eigenvalue weighted by atomic mass is 9.96. The Labute approximate surface area is 457 Å². The molecule has 2 aromatic rings. The first-order valence-electron chi connectivity index (χ1n) is 27.4. The zero-order valence-electron chi connectivity index (χ0n) is 45.5. The van der Waals surface area contributed by atoms with E-state index in [4.69, 9.17) is 76.5 Å². The van der Waals surface area contributed by atoms with Gasteiger partial charge in [-0.1, -0.05) is 227 Å². The Bertz CT molecular complexity index is 1750. The number of rotatable bonds is 40. The number of nitrogens with one attached hydrogen (secondary N) is 1. The summed E-state index contributed by atoms with van der Waals surface area (Å²) in [6, 6.07) is 16.1. The van der Waals surface area contributed by atoms with Crippen LogP contribution < -0.4 is 14.4 Å². The Morgan fingerprint density at radius 3 is 1.73 bits per heavy atom. The maximum atomic E-state index is 15.4. The van der Waals surface area contributed by atoms with Crippen LogP contribution in [0.5, 0.6) is 11.5 Å². The number of carbonyl (C=O) groups is 1. The van der Waals surface area contributed by atoms with E-state index in [1.165, 1.54) is 96.3 Å². The molecule has 1 aliphatic rings. The van der Waals surface area contributed by atoms with E-state index >= 15 is 4.57 Å². The lowest BCUT2D eigenvalue weighted by molar-refractivity contribution is -0.270. The zero-order chi connectivity index (χ0) is 53.4. The number of benzene rings is 2. The summed E-state index contributed by atoms with van der Waals surface area (Å²) in [5, 5.41) is 2.68. The Morgan fingerprint density at radius 2 is 1.23 bits per heavy atom. The van der Waals surface area contributed by atoms with Crippen LogP contribution >= 0.6 is 42.6 Å². The van der Waals surface area contributed by atoms with Crippen molar-refractivity contribution in [2.24, 2.45) is 0 Å². The first kappa shape index (κ1) is 65.4. The van der Waals surface area contributed by atoms with Gasteiger partial charge in [-0.15, -0.1) is 6.58 Å². The van der Waals surface area contributed by atoms with Crippen molar-refractivity contribution < 1.29 is 51.0 Å². The average Bonchev–Trinajstić information content (AvgIpc) is 3.34. The number of hydrogen-bond acceptors (Lipinski definition) is 11. The molecular weight excluding hydrogens is 1030 g/mol. The molecule has 6 atom stereocenters. The Morgan fingerprint density at radius 1 is 0.726 bits per heavy atom. The van der Waals surface area contributed by atoms with Gasteiger partial charge in [-0.25, -0.2) is 9.36 Å². The van der Waals surface area contributed by atoms with Gasteiger partial charge in [0.15, 0.2) is 14.6 Å². The van der Waals surface area contributed by atoms with Crippen LogP contribution in [0, 0.1) is 0 Å². The highest BCUT2D eigenvalue weighted by Gasteiger charge is 2.54. The minimum Gasteiger partial charge on any atom is -0.445 e. The molecule has 3 rings (SSSR count). The molecule has 418 valence electrons. The number of phosphoric ester groups is 1. The fraction of sp³-hybridized carbons (Fsp3) is 0.732. The summed E-state index contributed by atoms with van der Waals surface area (Å²) in [6.45, 7) is 19.3. The first-order valence-corrected chi connectivity index (χ1v) is 32.9. The molecule has 0 radical (unpaired) electrons. The van der Waals surface area contributed by atoms with Gasteiger partial charge in [0.05, 0.1) is 19.3 Å². The summed E-state index contributed by atoms with van der Waals surface area (Å²) in [5.41, 5.74) is 0. The van der Waals surface area contributed by atoms with Crippen LogP contribution in [0.2, 0.25) is 18.1 Å². The molecule has 0 unspecified atom stereocenters. The number of alkyl halides is 3. The number of alkyl carbamates (subject to hydrolysis) is 1. The maximum absolute atomic E-state index is 15.4. The second kappa shape index (κ2) is 36.3. The van der Waals surface area contributed by atoms with E-state index in [1.54, 1.807) is 54.6 Å². The fourth-order valence-electron chi connectivity index (χ4n) is 8.25. The minimum atomic E-state index is -4.64. The molecule has 1 aliphatic heterocycles. The highest BCUT2D eigenvalue weighted by atomic mass is 35.6. The highest BCUT2D eigenvalue weighted by molar-refractivity contribution is 7.49. The number of halogens is 3. The van der Waals surface area contributed by atoms with Crippen molar-refractivity contribution in [2.45, 2.75) is 228 Å². The first-order chi connectivity index (χ1) is 34.9. The van der Waals surface area contributed by atoms with E-state index in [1.807, 2.05) is 12.1 Å². The van der Waals surface area contributed by atoms with Crippen LogP contribution in [-0.4, -0.2) is 88.0 Å². The van der Waals surface area contributed by atoms with Crippen molar-refractivity contribution >= 4 is 57.0 Å². The molecule has 1 amide bonds. The standard InChI is InChI=1S/C56H93Cl3NO11PSi/c1-9-12-14-16-18-20-22-24-26-34-42-63-46(35-29-25-23-21-19-17-15-13-10-2)40-43-64-52-50(60-54(61)66-45-56(57,58)59)53(65-41-11-3)68-49(44-67-73(7,8)55(4,5)6)51(52)71-72(62,69-47-36-30-27-31-37-47)70-48-38-32-28-33-39-48/h11,27-28,30-33,36-39,46,49-53H,3,9-10,12-26,29,34-35,40-45H2,1-2,4-8H3,(H,60,61)/t46-,49-,50-,51-,52-,53+/m1/s1. The second-order valence-electron chi connectivity index (χ2n) is 20.8.